The fraction of sp³-hybridized carbons (Fsp3) is 0.625. The number of hydrogen-bond donors (Lipinski definition) is 0. The van der Waals surface area contributed by atoms with Gasteiger partial charge in [0.2, 0.25) is 0 Å². The maximum atomic E-state index is 6.05. The van der Waals surface area contributed by atoms with E-state index in [0.717, 1.165) is 13.0 Å². The molecule has 0 unspecified atom stereocenters. The largest absolute Gasteiger partial charge is 0.371 e. The van der Waals surface area contributed by atoms with Crippen molar-refractivity contribution in [3.8, 4) is 0 Å². The average Bonchev–Trinajstić information content (AvgIpc) is 2.29. The maximum absolute atomic E-state index is 6.05. The highest BCUT2D eigenvalue weighted by Gasteiger charge is 2.24. The molecule has 0 saturated carbocycles. The highest BCUT2D eigenvalue weighted by molar-refractivity contribution is 5.33. The van der Waals surface area contributed by atoms with Crippen molar-refractivity contribution in [1.82, 2.24) is 0 Å². The van der Waals surface area contributed by atoms with Crippen LogP contribution in [0.3, 0.4) is 0 Å². The van der Waals surface area contributed by atoms with Crippen LogP contribution in [0.25, 0.3) is 0 Å². The highest BCUT2D eigenvalue weighted by Crippen LogP contribution is 2.31. The van der Waals surface area contributed by atoms with Gasteiger partial charge >= 0.3 is 0 Å². The third-order valence-electron chi connectivity index (χ3n) is 3.19. The normalized spacial score (nSPS) is 12.1. The minimum Gasteiger partial charge on any atom is -0.371 e. The third-order valence-corrected chi connectivity index (χ3v) is 3.19. The minimum atomic E-state index is -0.184. The smallest absolute Gasteiger partial charge is 0.0878 e. The van der Waals surface area contributed by atoms with Crippen molar-refractivity contribution >= 4 is 0 Å². The van der Waals surface area contributed by atoms with Gasteiger partial charge in [-0.1, -0.05) is 51.5 Å². The van der Waals surface area contributed by atoms with Crippen LogP contribution in [0, 0.1) is 0 Å². The van der Waals surface area contributed by atoms with Crippen molar-refractivity contribution in [2.45, 2.75) is 59.0 Å². The second-order valence-corrected chi connectivity index (χ2v) is 5.45. The van der Waals surface area contributed by atoms with E-state index >= 15 is 0 Å². The van der Waals surface area contributed by atoms with Gasteiger partial charge in [0.1, 0.15) is 0 Å². The second-order valence-electron chi connectivity index (χ2n) is 5.45. The Hall–Kier alpha value is -0.820. The lowest BCUT2D eigenvalue weighted by atomic mass is 9.88. The third kappa shape index (κ3) is 3.85. The molecule has 96 valence electrons. The van der Waals surface area contributed by atoms with Gasteiger partial charge in [0.15, 0.2) is 0 Å². The molecule has 0 radical (unpaired) electrons. The summed E-state index contributed by atoms with van der Waals surface area (Å²) in [6.45, 7) is 11.9. The van der Waals surface area contributed by atoms with Crippen LogP contribution in [0.15, 0.2) is 24.3 Å². The lowest BCUT2D eigenvalue weighted by Gasteiger charge is -2.29. The van der Waals surface area contributed by atoms with Crippen molar-refractivity contribution in [2.75, 3.05) is 6.61 Å². The summed E-state index contributed by atoms with van der Waals surface area (Å²) in [5.41, 5.74) is 2.54. The fourth-order valence-electron chi connectivity index (χ4n) is 2.10. The first-order chi connectivity index (χ1) is 7.99. The van der Waals surface area contributed by atoms with Gasteiger partial charge in [-0.05, 0) is 37.3 Å². The summed E-state index contributed by atoms with van der Waals surface area (Å²) < 4.78 is 6.05. The number of benzene rings is 1. The molecule has 0 bridgehead atoms. The zero-order valence-corrected chi connectivity index (χ0v) is 11.9. The molecule has 1 nitrogen and oxygen atoms in total. The van der Waals surface area contributed by atoms with Crippen molar-refractivity contribution in [2.24, 2.45) is 0 Å². The minimum absolute atomic E-state index is 0.184. The summed E-state index contributed by atoms with van der Waals surface area (Å²) >= 11 is 0. The van der Waals surface area contributed by atoms with Crippen LogP contribution in [0.2, 0.25) is 0 Å². The van der Waals surface area contributed by atoms with Crippen molar-refractivity contribution < 1.29 is 4.74 Å². The first kappa shape index (κ1) is 14.2. The van der Waals surface area contributed by atoms with Crippen molar-refractivity contribution in [3.05, 3.63) is 35.4 Å². The first-order valence-electron chi connectivity index (χ1n) is 6.72. The molecular weight excluding hydrogens is 208 g/mol. The zero-order chi connectivity index (χ0) is 12.9. The van der Waals surface area contributed by atoms with Crippen LogP contribution < -0.4 is 0 Å². The molecule has 0 aliphatic heterocycles. The molecule has 0 aliphatic carbocycles. The summed E-state index contributed by atoms with van der Waals surface area (Å²) in [5.74, 6) is 0.542. The van der Waals surface area contributed by atoms with E-state index in [1.54, 1.807) is 0 Å². The predicted octanol–water partition coefficient (Wildman–Crippen LogP) is 4.86. The fourth-order valence-corrected chi connectivity index (χ4v) is 2.10. The molecule has 1 aromatic rings. The van der Waals surface area contributed by atoms with Crippen molar-refractivity contribution in [1.29, 1.82) is 0 Å². The quantitative estimate of drug-likeness (QED) is 0.639. The van der Waals surface area contributed by atoms with Gasteiger partial charge in [0, 0.05) is 6.61 Å². The van der Waals surface area contributed by atoms with Gasteiger partial charge in [-0.2, -0.15) is 0 Å². The number of hydrogen-bond acceptors (Lipinski definition) is 1. The average molecular weight is 234 g/mol. The molecule has 0 amide bonds. The number of rotatable bonds is 6. The second kappa shape index (κ2) is 6.20. The lowest BCUT2D eigenvalue weighted by molar-refractivity contribution is -0.0236. The Morgan fingerprint density at radius 1 is 1.18 bits per heavy atom. The van der Waals surface area contributed by atoms with E-state index in [1.807, 2.05) is 0 Å². The Bertz CT molecular complexity index is 339. The van der Waals surface area contributed by atoms with Gasteiger partial charge in [-0.25, -0.2) is 0 Å². The summed E-state index contributed by atoms with van der Waals surface area (Å²) in [4.78, 5) is 0. The predicted molar refractivity (Wildman–Crippen MR) is 74.4 cm³/mol. The Kier molecular flexibility index (Phi) is 5.20. The Morgan fingerprint density at radius 2 is 1.82 bits per heavy atom. The van der Waals surface area contributed by atoms with Crippen LogP contribution in [-0.2, 0) is 10.3 Å². The molecule has 0 N–H and O–H groups in total. The molecular formula is C16H26O. The summed E-state index contributed by atoms with van der Waals surface area (Å²) in [7, 11) is 0. The van der Waals surface area contributed by atoms with Gasteiger partial charge < -0.3 is 4.74 Å². The molecule has 0 heterocycles. The van der Waals surface area contributed by atoms with Gasteiger partial charge in [-0.15, -0.1) is 0 Å². The van der Waals surface area contributed by atoms with Crippen LogP contribution in [0.4, 0.5) is 0 Å². The highest BCUT2D eigenvalue weighted by atomic mass is 16.5. The molecule has 0 aliphatic rings. The van der Waals surface area contributed by atoms with Gasteiger partial charge in [0.25, 0.3) is 0 Å². The van der Waals surface area contributed by atoms with Gasteiger partial charge in [0.05, 0.1) is 5.60 Å². The van der Waals surface area contributed by atoms with Crippen LogP contribution in [-0.4, -0.2) is 6.61 Å². The van der Waals surface area contributed by atoms with E-state index in [2.05, 4.69) is 58.9 Å². The van der Waals surface area contributed by atoms with E-state index in [0.29, 0.717) is 5.92 Å². The monoisotopic (exact) mass is 234 g/mol. The molecule has 0 fully saturated rings. The Morgan fingerprint density at radius 3 is 2.41 bits per heavy atom. The van der Waals surface area contributed by atoms with Crippen molar-refractivity contribution in [3.63, 3.8) is 0 Å². The lowest BCUT2D eigenvalue weighted by Crippen LogP contribution is -2.24. The van der Waals surface area contributed by atoms with Crippen LogP contribution in [0.5, 0.6) is 0 Å². The topological polar surface area (TPSA) is 9.23 Å². The van der Waals surface area contributed by atoms with E-state index in [4.69, 9.17) is 4.74 Å². The first-order valence-corrected chi connectivity index (χ1v) is 6.72. The van der Waals surface area contributed by atoms with E-state index in [-0.39, 0.29) is 5.60 Å². The van der Waals surface area contributed by atoms with E-state index in [9.17, 15) is 0 Å². The molecule has 1 aromatic carbocycles. The zero-order valence-electron chi connectivity index (χ0n) is 11.9. The van der Waals surface area contributed by atoms with Crippen LogP contribution >= 0.6 is 0 Å². The van der Waals surface area contributed by atoms with Crippen LogP contribution in [0.1, 0.15) is 64.5 Å². The summed E-state index contributed by atoms with van der Waals surface area (Å²) in [6.07, 6.45) is 2.31. The number of unbranched alkanes of at least 4 members (excludes halogenated alkanes) is 1. The molecule has 0 spiro atoms. The molecule has 0 aromatic heterocycles. The molecule has 17 heavy (non-hydrogen) atoms. The summed E-state index contributed by atoms with van der Waals surface area (Å²) in [6, 6.07) is 8.62. The Balaban J connectivity index is 2.89. The maximum Gasteiger partial charge on any atom is 0.0878 e. The van der Waals surface area contributed by atoms with Gasteiger partial charge in [-0.3, -0.25) is 0 Å². The standard InChI is InChI=1S/C16H26O/c1-6-7-12-17-16(4,5)15-11-9-8-10-14(15)13(2)3/h8-11,13H,6-7,12H2,1-5H3. The summed E-state index contributed by atoms with van der Waals surface area (Å²) in [5, 5.41) is 0. The number of ether oxygens (including phenoxy) is 1. The molecule has 0 atom stereocenters. The SMILES string of the molecule is CCCCOC(C)(C)c1ccccc1C(C)C. The van der Waals surface area contributed by atoms with E-state index < -0.39 is 0 Å². The van der Waals surface area contributed by atoms with E-state index in [1.165, 1.54) is 17.5 Å². The molecule has 1 heteroatoms. The Labute approximate surface area is 106 Å². The molecule has 0 saturated heterocycles. The molecule has 1 rings (SSSR count).